The molecule has 2 heteroatoms. The summed E-state index contributed by atoms with van der Waals surface area (Å²) in [5.41, 5.74) is 11.4. The van der Waals surface area contributed by atoms with Gasteiger partial charge in [0.2, 0.25) is 0 Å². The van der Waals surface area contributed by atoms with Crippen LogP contribution in [0.2, 0.25) is 0 Å². The molecule has 8 aromatic rings. The first-order chi connectivity index (χ1) is 23.1. The van der Waals surface area contributed by atoms with E-state index >= 15 is 0 Å². The topological polar surface area (TPSA) is 22.1 Å². The Kier molecular flexibility index (Phi) is 7.32. The Labute approximate surface area is 275 Å². The molecule has 0 aliphatic carbocycles. The second-order valence-electron chi connectivity index (χ2n) is 12.0. The quantitative estimate of drug-likeness (QED) is 0.176. The zero-order chi connectivity index (χ0) is 31.7. The Balaban J connectivity index is 1.10. The molecule has 0 radical (unpaired) electrons. The molecule has 0 N–H and O–H groups in total. The normalized spacial score (nSPS) is 11.2. The summed E-state index contributed by atoms with van der Waals surface area (Å²) >= 11 is 0. The van der Waals surface area contributed by atoms with Crippen molar-refractivity contribution in [1.29, 1.82) is 0 Å². The van der Waals surface area contributed by atoms with E-state index in [-0.39, 0.29) is 0 Å². The number of aryl methyl sites for hydroxylation is 1. The molecule has 8 rings (SSSR count). The largest absolute Gasteiger partial charge is 0.457 e. The van der Waals surface area contributed by atoms with Gasteiger partial charge in [-0.15, -0.1) is 0 Å². The first-order valence-electron chi connectivity index (χ1n) is 16.1. The van der Waals surface area contributed by atoms with Gasteiger partial charge in [0.15, 0.2) is 0 Å². The molecule has 1 aromatic heterocycles. The van der Waals surface area contributed by atoms with Gasteiger partial charge in [-0.05, 0) is 111 Å². The molecule has 0 unspecified atom stereocenters. The summed E-state index contributed by atoms with van der Waals surface area (Å²) in [6, 6.07) is 57.2. The summed E-state index contributed by atoms with van der Waals surface area (Å²) in [4.78, 5) is 5.16. The molecule has 0 atom stereocenters. The van der Waals surface area contributed by atoms with Crippen LogP contribution in [0.15, 0.2) is 164 Å². The highest BCUT2D eigenvalue weighted by Gasteiger charge is 2.15. The lowest BCUT2D eigenvalue weighted by atomic mass is 9.89. The van der Waals surface area contributed by atoms with Crippen LogP contribution in [0.25, 0.3) is 66.3 Å². The third-order valence-corrected chi connectivity index (χ3v) is 9.13. The smallest absolute Gasteiger partial charge is 0.127 e. The average Bonchev–Trinajstić information content (AvgIpc) is 3.14. The van der Waals surface area contributed by atoms with Crippen LogP contribution in [0.3, 0.4) is 0 Å². The molecule has 0 amide bonds. The van der Waals surface area contributed by atoms with E-state index in [1.165, 1.54) is 54.9 Å². The zero-order valence-corrected chi connectivity index (χ0v) is 26.4. The van der Waals surface area contributed by atoms with E-state index < -0.39 is 0 Å². The van der Waals surface area contributed by atoms with Crippen LogP contribution in [0.4, 0.5) is 0 Å². The predicted octanol–water partition coefficient (Wildman–Crippen LogP) is 12.5. The van der Waals surface area contributed by atoms with Crippen molar-refractivity contribution in [2.75, 3.05) is 0 Å². The maximum absolute atomic E-state index is 6.33. The number of aromatic nitrogens is 1. The van der Waals surface area contributed by atoms with Crippen molar-refractivity contribution in [2.24, 2.45) is 0 Å². The number of pyridine rings is 1. The van der Waals surface area contributed by atoms with Gasteiger partial charge in [0, 0.05) is 11.1 Å². The standard InChI is InChI=1S/C45H33NO/c1-30-38-17-9-10-18-39(38)40-19-11-12-20-41(40)44(30)34-23-27-37(28-24-34)47-36-25-21-33(22-26-36)43-29-42(32-13-5-3-6-14-32)31(2)45(46-43)35-15-7-4-8-16-35/h3-29H,1-2H3. The van der Waals surface area contributed by atoms with Gasteiger partial charge in [0.25, 0.3) is 0 Å². The Morgan fingerprint density at radius 1 is 0.404 bits per heavy atom. The summed E-state index contributed by atoms with van der Waals surface area (Å²) in [7, 11) is 0. The molecule has 2 nitrogen and oxygen atoms in total. The first kappa shape index (κ1) is 28.5. The molecule has 0 saturated heterocycles. The monoisotopic (exact) mass is 603 g/mol. The summed E-state index contributed by atoms with van der Waals surface area (Å²) in [5.74, 6) is 1.59. The summed E-state index contributed by atoms with van der Waals surface area (Å²) < 4.78 is 6.33. The van der Waals surface area contributed by atoms with Gasteiger partial charge >= 0.3 is 0 Å². The number of hydrogen-bond acceptors (Lipinski definition) is 2. The van der Waals surface area contributed by atoms with Crippen molar-refractivity contribution in [2.45, 2.75) is 13.8 Å². The molecule has 0 fully saturated rings. The molecule has 7 aromatic carbocycles. The van der Waals surface area contributed by atoms with E-state index in [0.29, 0.717) is 0 Å². The third kappa shape index (κ3) is 5.34. The fraction of sp³-hybridized carbons (Fsp3) is 0.0444. The lowest BCUT2D eigenvalue weighted by molar-refractivity contribution is 0.483. The Hall–Kier alpha value is -5.99. The fourth-order valence-electron chi connectivity index (χ4n) is 6.76. The molecule has 0 aliphatic rings. The SMILES string of the molecule is Cc1c(-c2ccccc2)cc(-c2ccc(Oc3ccc(-c4c(C)c5ccccc5c5ccccc45)cc3)cc2)nc1-c1ccccc1. The van der Waals surface area contributed by atoms with Crippen molar-refractivity contribution >= 4 is 21.5 Å². The van der Waals surface area contributed by atoms with Gasteiger partial charge in [-0.3, -0.25) is 0 Å². The van der Waals surface area contributed by atoms with Gasteiger partial charge in [-0.2, -0.15) is 0 Å². The summed E-state index contributed by atoms with van der Waals surface area (Å²) in [6.07, 6.45) is 0. The van der Waals surface area contributed by atoms with Gasteiger partial charge < -0.3 is 4.74 Å². The van der Waals surface area contributed by atoms with Crippen LogP contribution in [0.5, 0.6) is 11.5 Å². The minimum absolute atomic E-state index is 0.785. The minimum atomic E-state index is 0.785. The summed E-state index contributed by atoms with van der Waals surface area (Å²) in [5, 5.41) is 5.13. The van der Waals surface area contributed by atoms with Gasteiger partial charge in [0.1, 0.15) is 11.5 Å². The van der Waals surface area contributed by atoms with Crippen molar-refractivity contribution in [3.63, 3.8) is 0 Å². The molecule has 0 aliphatic heterocycles. The number of fused-ring (bicyclic) bond motifs is 3. The van der Waals surface area contributed by atoms with Crippen LogP contribution in [0, 0.1) is 13.8 Å². The van der Waals surface area contributed by atoms with Crippen LogP contribution in [-0.4, -0.2) is 4.98 Å². The van der Waals surface area contributed by atoms with Crippen LogP contribution in [0.1, 0.15) is 11.1 Å². The van der Waals surface area contributed by atoms with E-state index in [1.807, 2.05) is 18.2 Å². The van der Waals surface area contributed by atoms with E-state index in [1.54, 1.807) is 0 Å². The molecule has 0 bridgehead atoms. The first-order valence-corrected chi connectivity index (χ1v) is 16.1. The maximum Gasteiger partial charge on any atom is 0.127 e. The molecule has 224 valence electrons. The molecule has 1 heterocycles. The molecular weight excluding hydrogens is 571 g/mol. The van der Waals surface area contributed by atoms with Crippen LogP contribution in [-0.2, 0) is 0 Å². The Bertz CT molecular complexity index is 2300. The molecule has 0 saturated carbocycles. The van der Waals surface area contributed by atoms with Crippen molar-refractivity contribution < 1.29 is 4.74 Å². The highest BCUT2D eigenvalue weighted by atomic mass is 16.5. The summed E-state index contributed by atoms with van der Waals surface area (Å²) in [6.45, 7) is 4.39. The van der Waals surface area contributed by atoms with Gasteiger partial charge in [0.05, 0.1) is 11.4 Å². The third-order valence-electron chi connectivity index (χ3n) is 9.13. The molecular formula is C45H33NO. The lowest BCUT2D eigenvalue weighted by Crippen LogP contribution is -1.96. The van der Waals surface area contributed by atoms with Crippen molar-refractivity contribution in [1.82, 2.24) is 4.98 Å². The van der Waals surface area contributed by atoms with E-state index in [9.17, 15) is 0 Å². The second kappa shape index (κ2) is 12.1. The Morgan fingerprint density at radius 2 is 0.894 bits per heavy atom. The lowest BCUT2D eigenvalue weighted by Gasteiger charge is -2.16. The fourth-order valence-corrected chi connectivity index (χ4v) is 6.76. The second-order valence-corrected chi connectivity index (χ2v) is 12.0. The van der Waals surface area contributed by atoms with Crippen LogP contribution < -0.4 is 4.74 Å². The van der Waals surface area contributed by atoms with Crippen molar-refractivity contribution in [3.8, 4) is 56.3 Å². The molecule has 0 spiro atoms. The number of benzene rings is 7. The number of rotatable bonds is 6. The number of nitrogens with zero attached hydrogens (tertiary/aromatic N) is 1. The van der Waals surface area contributed by atoms with Crippen LogP contribution >= 0.6 is 0 Å². The maximum atomic E-state index is 6.33. The Morgan fingerprint density at radius 3 is 1.51 bits per heavy atom. The van der Waals surface area contributed by atoms with E-state index in [0.717, 1.165) is 34.0 Å². The van der Waals surface area contributed by atoms with Gasteiger partial charge in [-0.1, -0.05) is 121 Å². The van der Waals surface area contributed by atoms with Gasteiger partial charge in [-0.25, -0.2) is 4.98 Å². The minimum Gasteiger partial charge on any atom is -0.457 e. The van der Waals surface area contributed by atoms with Crippen molar-refractivity contribution in [3.05, 3.63) is 175 Å². The highest BCUT2D eigenvalue weighted by Crippen LogP contribution is 2.40. The number of hydrogen-bond donors (Lipinski definition) is 0. The highest BCUT2D eigenvalue weighted by molar-refractivity contribution is 6.15. The average molecular weight is 604 g/mol. The predicted molar refractivity (Wildman–Crippen MR) is 197 cm³/mol. The zero-order valence-electron chi connectivity index (χ0n) is 26.4. The molecule has 47 heavy (non-hydrogen) atoms. The van der Waals surface area contributed by atoms with E-state index in [2.05, 4.69) is 159 Å². The van der Waals surface area contributed by atoms with E-state index in [4.69, 9.17) is 9.72 Å². The number of ether oxygens (including phenoxy) is 1.